The molecule has 4 heteroatoms. The average molecular weight is 265 g/mol. The molecule has 0 saturated heterocycles. The van der Waals surface area contributed by atoms with Gasteiger partial charge in [0.2, 0.25) is 0 Å². The van der Waals surface area contributed by atoms with Crippen molar-refractivity contribution in [2.45, 2.75) is 46.1 Å². The average Bonchev–Trinajstić information content (AvgIpc) is 2.75. The van der Waals surface area contributed by atoms with Crippen LogP contribution in [0.25, 0.3) is 0 Å². The molecule has 3 unspecified atom stereocenters. The fourth-order valence-electron chi connectivity index (χ4n) is 3.00. The maximum Gasteiger partial charge on any atom is 0.511 e. The van der Waals surface area contributed by atoms with Gasteiger partial charge in [0.05, 0.1) is 7.05 Å². The summed E-state index contributed by atoms with van der Waals surface area (Å²) in [5.74, 6) is 1.70. The first kappa shape index (κ1) is 14.1. The Kier molecular flexibility index (Phi) is 4.27. The van der Waals surface area contributed by atoms with Crippen molar-refractivity contribution in [3.63, 3.8) is 0 Å². The molecule has 1 aromatic heterocycles. The fraction of sp³-hybridized carbons (Fsp3) is 0.733. The van der Waals surface area contributed by atoms with E-state index in [0.29, 0.717) is 17.8 Å². The molecule has 1 aromatic rings. The highest BCUT2D eigenvalue weighted by atomic mass is 16.6. The summed E-state index contributed by atoms with van der Waals surface area (Å²) in [6.45, 7) is 6.68. The Balaban J connectivity index is 2.04. The topological polar surface area (TPSA) is 35.1 Å². The number of ether oxygens (including phenoxy) is 1. The van der Waals surface area contributed by atoms with Gasteiger partial charge < -0.3 is 4.74 Å². The Morgan fingerprint density at radius 3 is 2.74 bits per heavy atom. The molecule has 0 bridgehead atoms. The number of nitrogens with zero attached hydrogens (tertiary/aromatic N) is 2. The van der Waals surface area contributed by atoms with Gasteiger partial charge in [-0.05, 0) is 30.6 Å². The van der Waals surface area contributed by atoms with Gasteiger partial charge in [0, 0.05) is 0 Å². The van der Waals surface area contributed by atoms with Crippen LogP contribution in [0.3, 0.4) is 0 Å². The SMILES string of the molecule is CC1CCC(C(C)C)C(OC(=O)[n+]2ccn(C)c2)C1. The quantitative estimate of drug-likeness (QED) is 0.771. The third-order valence-electron chi connectivity index (χ3n) is 4.19. The van der Waals surface area contributed by atoms with Crippen molar-refractivity contribution in [1.29, 1.82) is 0 Å². The zero-order valence-corrected chi connectivity index (χ0v) is 12.4. The minimum absolute atomic E-state index is 0.0592. The van der Waals surface area contributed by atoms with Crippen molar-refractivity contribution in [1.82, 2.24) is 4.57 Å². The maximum atomic E-state index is 12.1. The molecule has 0 aliphatic heterocycles. The summed E-state index contributed by atoms with van der Waals surface area (Å²) >= 11 is 0. The van der Waals surface area contributed by atoms with Crippen LogP contribution in [0.4, 0.5) is 4.79 Å². The Morgan fingerprint density at radius 2 is 2.16 bits per heavy atom. The largest absolute Gasteiger partial charge is 0.511 e. The van der Waals surface area contributed by atoms with Crippen molar-refractivity contribution in [2.75, 3.05) is 0 Å². The predicted molar refractivity (Wildman–Crippen MR) is 72.6 cm³/mol. The summed E-state index contributed by atoms with van der Waals surface area (Å²) < 4.78 is 9.09. The van der Waals surface area contributed by atoms with Crippen molar-refractivity contribution in [2.24, 2.45) is 24.8 Å². The smallest absolute Gasteiger partial charge is 0.427 e. The molecule has 0 spiro atoms. The van der Waals surface area contributed by atoms with E-state index in [1.54, 1.807) is 12.5 Å². The highest BCUT2D eigenvalue weighted by Gasteiger charge is 2.34. The molecule has 0 amide bonds. The first-order valence-electron chi connectivity index (χ1n) is 7.21. The molecule has 0 aromatic carbocycles. The number of rotatable bonds is 2. The van der Waals surface area contributed by atoms with E-state index in [-0.39, 0.29) is 12.2 Å². The van der Waals surface area contributed by atoms with Crippen LogP contribution in [0.5, 0.6) is 0 Å². The number of aryl methyl sites for hydroxylation is 1. The van der Waals surface area contributed by atoms with E-state index >= 15 is 0 Å². The number of aromatic nitrogens is 2. The molecular weight excluding hydrogens is 240 g/mol. The van der Waals surface area contributed by atoms with Gasteiger partial charge >= 0.3 is 6.09 Å². The van der Waals surface area contributed by atoms with Crippen LogP contribution in [0.1, 0.15) is 40.0 Å². The third-order valence-corrected chi connectivity index (χ3v) is 4.19. The minimum atomic E-state index is -0.259. The molecule has 0 N–H and O–H groups in total. The number of hydrogen-bond donors (Lipinski definition) is 0. The van der Waals surface area contributed by atoms with Crippen molar-refractivity contribution >= 4 is 6.09 Å². The van der Waals surface area contributed by atoms with Gasteiger partial charge in [-0.1, -0.05) is 27.2 Å². The van der Waals surface area contributed by atoms with Gasteiger partial charge in [-0.3, -0.25) is 0 Å². The third kappa shape index (κ3) is 3.37. The number of carbonyl (C=O) groups excluding carboxylic acids is 1. The zero-order chi connectivity index (χ0) is 14.0. The zero-order valence-electron chi connectivity index (χ0n) is 12.4. The number of imidazole rings is 1. The first-order chi connectivity index (χ1) is 8.97. The van der Waals surface area contributed by atoms with Gasteiger partial charge in [0.15, 0.2) is 0 Å². The lowest BCUT2D eigenvalue weighted by atomic mass is 9.75. The van der Waals surface area contributed by atoms with E-state index in [2.05, 4.69) is 20.8 Å². The van der Waals surface area contributed by atoms with Crippen LogP contribution in [-0.2, 0) is 11.8 Å². The molecule has 1 aliphatic rings. The van der Waals surface area contributed by atoms with Crippen LogP contribution >= 0.6 is 0 Å². The molecule has 106 valence electrons. The van der Waals surface area contributed by atoms with E-state index in [9.17, 15) is 4.79 Å². The lowest BCUT2D eigenvalue weighted by Gasteiger charge is -2.35. The van der Waals surface area contributed by atoms with Gasteiger partial charge in [-0.15, -0.1) is 4.57 Å². The second kappa shape index (κ2) is 5.76. The Labute approximate surface area is 115 Å². The van der Waals surface area contributed by atoms with Gasteiger partial charge in [0.25, 0.3) is 6.33 Å². The molecule has 2 rings (SSSR count). The molecule has 4 nitrogen and oxygen atoms in total. The second-order valence-corrected chi connectivity index (χ2v) is 6.23. The number of carbonyl (C=O) groups is 1. The normalized spacial score (nSPS) is 27.5. The maximum absolute atomic E-state index is 12.1. The lowest BCUT2D eigenvalue weighted by molar-refractivity contribution is -0.587. The summed E-state index contributed by atoms with van der Waals surface area (Å²) in [6, 6.07) is 0. The van der Waals surface area contributed by atoms with E-state index in [1.807, 2.05) is 17.8 Å². The van der Waals surface area contributed by atoms with Gasteiger partial charge in [0.1, 0.15) is 18.5 Å². The molecule has 19 heavy (non-hydrogen) atoms. The monoisotopic (exact) mass is 265 g/mol. The van der Waals surface area contributed by atoms with Crippen LogP contribution in [-0.4, -0.2) is 16.8 Å². The van der Waals surface area contributed by atoms with Crippen LogP contribution in [0, 0.1) is 17.8 Å². The molecule has 1 aliphatic carbocycles. The highest BCUT2D eigenvalue weighted by Crippen LogP contribution is 2.35. The molecular formula is C15H25N2O2+. The van der Waals surface area contributed by atoms with Crippen molar-refractivity contribution in [3.8, 4) is 0 Å². The summed E-state index contributed by atoms with van der Waals surface area (Å²) in [4.78, 5) is 12.1. The molecule has 0 radical (unpaired) electrons. The minimum Gasteiger partial charge on any atom is -0.427 e. The van der Waals surface area contributed by atoms with E-state index in [4.69, 9.17) is 4.74 Å². The van der Waals surface area contributed by atoms with Crippen molar-refractivity contribution in [3.05, 3.63) is 18.7 Å². The number of hydrogen-bond acceptors (Lipinski definition) is 2. The Bertz CT molecular complexity index is 439. The highest BCUT2D eigenvalue weighted by molar-refractivity contribution is 5.56. The van der Waals surface area contributed by atoms with Crippen molar-refractivity contribution < 1.29 is 14.1 Å². The van der Waals surface area contributed by atoms with Gasteiger partial charge in [-0.25, -0.2) is 4.57 Å². The van der Waals surface area contributed by atoms with Gasteiger partial charge in [-0.2, -0.15) is 4.79 Å². The molecule has 1 fully saturated rings. The van der Waals surface area contributed by atoms with Crippen LogP contribution < -0.4 is 4.57 Å². The molecule has 1 saturated carbocycles. The van der Waals surface area contributed by atoms with E-state index < -0.39 is 0 Å². The summed E-state index contributed by atoms with van der Waals surface area (Å²) in [5.41, 5.74) is 0. The molecule has 1 heterocycles. The van der Waals surface area contributed by atoms with E-state index in [0.717, 1.165) is 12.8 Å². The second-order valence-electron chi connectivity index (χ2n) is 6.23. The summed E-state index contributed by atoms with van der Waals surface area (Å²) in [7, 11) is 1.89. The summed E-state index contributed by atoms with van der Waals surface area (Å²) in [5, 5.41) is 0. The van der Waals surface area contributed by atoms with Crippen LogP contribution in [0.15, 0.2) is 18.7 Å². The summed E-state index contributed by atoms with van der Waals surface area (Å²) in [6.07, 6.45) is 8.50. The van der Waals surface area contributed by atoms with E-state index in [1.165, 1.54) is 11.0 Å². The van der Waals surface area contributed by atoms with Crippen LogP contribution in [0.2, 0.25) is 0 Å². The first-order valence-corrected chi connectivity index (χ1v) is 7.21. The molecule has 3 atom stereocenters. The Morgan fingerprint density at radius 1 is 1.42 bits per heavy atom. The lowest BCUT2D eigenvalue weighted by Crippen LogP contribution is -2.46. The predicted octanol–water partition coefficient (Wildman–Crippen LogP) is 2.76. The standard InChI is InChI=1S/C15H25N2O2/c1-11(2)13-6-5-12(3)9-14(13)19-15(18)17-8-7-16(4)10-17/h7-8,10-14H,5-6,9H2,1-4H3/q+1. The Hall–Kier alpha value is -1.32. The fourth-order valence-corrected chi connectivity index (χ4v) is 3.00.